The van der Waals surface area contributed by atoms with Crippen molar-refractivity contribution in [3.63, 3.8) is 0 Å². The van der Waals surface area contributed by atoms with Gasteiger partial charge in [0.15, 0.2) is 0 Å². The number of aryl methyl sites for hydroxylation is 1. The van der Waals surface area contributed by atoms with Crippen molar-refractivity contribution in [1.29, 1.82) is 0 Å². The van der Waals surface area contributed by atoms with E-state index in [0.717, 1.165) is 29.4 Å². The van der Waals surface area contributed by atoms with Crippen LogP contribution >= 0.6 is 11.3 Å². The Hall–Kier alpha value is -1.75. The summed E-state index contributed by atoms with van der Waals surface area (Å²) in [7, 11) is 0. The topological polar surface area (TPSA) is 60.2 Å². The Morgan fingerprint density at radius 1 is 1.37 bits per heavy atom. The first kappa shape index (κ1) is 13.7. The normalized spacial score (nSPS) is 10.4. The Balaban J connectivity index is 2.01. The first-order chi connectivity index (χ1) is 9.17. The minimum Gasteiger partial charge on any atom is -0.493 e. The molecule has 0 spiro atoms. The first-order valence-corrected chi connectivity index (χ1v) is 7.17. The summed E-state index contributed by atoms with van der Waals surface area (Å²) in [4.78, 5) is 5.44. The number of nitrogens with two attached hydrogens (primary N) is 1. The maximum Gasteiger partial charge on any atom is 0.123 e. The number of benzene rings is 1. The molecule has 0 saturated heterocycles. The van der Waals surface area contributed by atoms with Gasteiger partial charge in [-0.3, -0.25) is 0 Å². The lowest BCUT2D eigenvalue weighted by atomic mass is 10.2. The van der Waals surface area contributed by atoms with E-state index >= 15 is 0 Å². The van der Waals surface area contributed by atoms with E-state index in [4.69, 9.17) is 10.5 Å². The standard InChI is InChI=1S/C14H19N3OS/c1-3-4-18-13-6-11(15)5-12(7-13)17-9-14-8-16-10(2)19-14/h5-8,17H,3-4,9,15H2,1-2H3. The Bertz CT molecular complexity index is 539. The molecule has 0 aliphatic heterocycles. The van der Waals surface area contributed by atoms with E-state index in [9.17, 15) is 0 Å². The number of aromatic nitrogens is 1. The minimum atomic E-state index is 0.705. The van der Waals surface area contributed by atoms with Crippen LogP contribution in [-0.2, 0) is 6.54 Å². The fraction of sp³-hybridized carbons (Fsp3) is 0.357. The second-order valence-electron chi connectivity index (χ2n) is 4.34. The largest absolute Gasteiger partial charge is 0.493 e. The number of nitrogens with zero attached hydrogens (tertiary/aromatic N) is 1. The minimum absolute atomic E-state index is 0.705. The van der Waals surface area contributed by atoms with E-state index in [-0.39, 0.29) is 0 Å². The average Bonchev–Trinajstić information content (AvgIpc) is 2.79. The lowest BCUT2D eigenvalue weighted by molar-refractivity contribution is 0.318. The van der Waals surface area contributed by atoms with Crippen LogP contribution in [0.15, 0.2) is 24.4 Å². The van der Waals surface area contributed by atoms with E-state index < -0.39 is 0 Å². The van der Waals surface area contributed by atoms with Crippen molar-refractivity contribution in [3.8, 4) is 5.75 Å². The highest BCUT2D eigenvalue weighted by Crippen LogP contribution is 2.23. The van der Waals surface area contributed by atoms with E-state index in [1.165, 1.54) is 4.88 Å². The van der Waals surface area contributed by atoms with Crippen molar-refractivity contribution in [2.45, 2.75) is 26.8 Å². The van der Waals surface area contributed by atoms with E-state index in [1.807, 2.05) is 31.3 Å². The maximum atomic E-state index is 5.87. The van der Waals surface area contributed by atoms with Gasteiger partial charge in [0.1, 0.15) is 5.75 Å². The molecule has 0 unspecified atom stereocenters. The monoisotopic (exact) mass is 277 g/mol. The molecule has 19 heavy (non-hydrogen) atoms. The fourth-order valence-electron chi connectivity index (χ4n) is 1.70. The molecule has 1 heterocycles. The predicted octanol–water partition coefficient (Wildman–Crippen LogP) is 3.43. The zero-order valence-electron chi connectivity index (χ0n) is 11.3. The number of nitrogens with one attached hydrogen (secondary N) is 1. The Labute approximate surface area is 117 Å². The van der Waals surface area contributed by atoms with Gasteiger partial charge >= 0.3 is 0 Å². The number of ether oxygens (including phenoxy) is 1. The number of nitrogen functional groups attached to an aromatic ring is 1. The smallest absolute Gasteiger partial charge is 0.123 e. The summed E-state index contributed by atoms with van der Waals surface area (Å²) >= 11 is 1.69. The Morgan fingerprint density at radius 2 is 2.21 bits per heavy atom. The summed E-state index contributed by atoms with van der Waals surface area (Å²) < 4.78 is 5.60. The molecule has 0 radical (unpaired) electrons. The fourth-order valence-corrected chi connectivity index (χ4v) is 2.44. The summed E-state index contributed by atoms with van der Waals surface area (Å²) in [5.41, 5.74) is 7.55. The summed E-state index contributed by atoms with van der Waals surface area (Å²) in [5, 5.41) is 4.42. The molecule has 2 aromatic rings. The van der Waals surface area contributed by atoms with Crippen molar-refractivity contribution in [3.05, 3.63) is 34.3 Å². The van der Waals surface area contributed by atoms with Crippen LogP contribution in [0.3, 0.4) is 0 Å². The van der Waals surface area contributed by atoms with Crippen molar-refractivity contribution in [2.75, 3.05) is 17.7 Å². The van der Waals surface area contributed by atoms with Crippen LogP contribution < -0.4 is 15.8 Å². The maximum absolute atomic E-state index is 5.87. The first-order valence-electron chi connectivity index (χ1n) is 6.36. The van der Waals surface area contributed by atoms with Gasteiger partial charge in [-0.2, -0.15) is 0 Å². The molecule has 0 bridgehead atoms. The zero-order valence-corrected chi connectivity index (χ0v) is 12.1. The highest BCUT2D eigenvalue weighted by atomic mass is 32.1. The van der Waals surface area contributed by atoms with Crippen LogP contribution in [0.2, 0.25) is 0 Å². The number of hydrogen-bond acceptors (Lipinski definition) is 5. The van der Waals surface area contributed by atoms with Gasteiger partial charge in [0.2, 0.25) is 0 Å². The van der Waals surface area contributed by atoms with Crippen LogP contribution in [0, 0.1) is 6.92 Å². The molecule has 0 atom stereocenters. The summed E-state index contributed by atoms with van der Waals surface area (Å²) in [6, 6.07) is 5.73. The zero-order chi connectivity index (χ0) is 13.7. The highest BCUT2D eigenvalue weighted by Gasteiger charge is 2.02. The van der Waals surface area contributed by atoms with Gasteiger partial charge in [-0.05, 0) is 19.4 Å². The van der Waals surface area contributed by atoms with Gasteiger partial charge in [-0.1, -0.05) is 6.92 Å². The summed E-state index contributed by atoms with van der Waals surface area (Å²) in [6.07, 6.45) is 2.88. The molecule has 0 saturated carbocycles. The van der Waals surface area contributed by atoms with Gasteiger partial charge in [0.25, 0.3) is 0 Å². The van der Waals surface area contributed by atoms with Gasteiger partial charge in [0, 0.05) is 34.6 Å². The third kappa shape index (κ3) is 4.13. The molecular weight excluding hydrogens is 258 g/mol. The molecule has 0 aliphatic carbocycles. The van der Waals surface area contributed by atoms with Crippen LogP contribution in [0.25, 0.3) is 0 Å². The third-order valence-corrected chi connectivity index (χ3v) is 3.45. The molecular formula is C14H19N3OS. The average molecular weight is 277 g/mol. The highest BCUT2D eigenvalue weighted by molar-refractivity contribution is 7.11. The molecule has 5 heteroatoms. The molecule has 0 aliphatic rings. The van der Waals surface area contributed by atoms with Crippen LogP contribution in [0.1, 0.15) is 23.2 Å². The number of hydrogen-bond donors (Lipinski definition) is 2. The van der Waals surface area contributed by atoms with Gasteiger partial charge in [-0.15, -0.1) is 11.3 Å². The Kier molecular flexibility index (Phi) is 4.63. The van der Waals surface area contributed by atoms with Crippen LogP contribution in [0.5, 0.6) is 5.75 Å². The lowest BCUT2D eigenvalue weighted by Gasteiger charge is -2.10. The molecule has 0 fully saturated rings. The van der Waals surface area contributed by atoms with Crippen LogP contribution in [-0.4, -0.2) is 11.6 Å². The molecule has 3 N–H and O–H groups in total. The number of rotatable bonds is 6. The molecule has 1 aromatic heterocycles. The van der Waals surface area contributed by atoms with Crippen molar-refractivity contribution in [1.82, 2.24) is 4.98 Å². The molecule has 0 amide bonds. The third-order valence-electron chi connectivity index (χ3n) is 2.54. The summed E-state index contributed by atoms with van der Waals surface area (Å²) in [6.45, 7) is 5.54. The van der Waals surface area contributed by atoms with E-state index in [2.05, 4.69) is 17.2 Å². The van der Waals surface area contributed by atoms with Crippen molar-refractivity contribution >= 4 is 22.7 Å². The molecule has 102 valence electrons. The molecule has 2 rings (SSSR count). The quantitative estimate of drug-likeness (QED) is 0.794. The van der Waals surface area contributed by atoms with E-state index in [1.54, 1.807) is 11.3 Å². The van der Waals surface area contributed by atoms with Gasteiger partial charge in [0.05, 0.1) is 18.2 Å². The van der Waals surface area contributed by atoms with Crippen LogP contribution in [0.4, 0.5) is 11.4 Å². The summed E-state index contributed by atoms with van der Waals surface area (Å²) in [5.74, 6) is 0.810. The number of thiazole rings is 1. The van der Waals surface area contributed by atoms with E-state index in [0.29, 0.717) is 12.3 Å². The molecule has 1 aromatic carbocycles. The van der Waals surface area contributed by atoms with Crippen molar-refractivity contribution < 1.29 is 4.74 Å². The van der Waals surface area contributed by atoms with Crippen molar-refractivity contribution in [2.24, 2.45) is 0 Å². The second kappa shape index (κ2) is 6.43. The number of anilines is 2. The van der Waals surface area contributed by atoms with Gasteiger partial charge in [-0.25, -0.2) is 4.98 Å². The lowest BCUT2D eigenvalue weighted by Crippen LogP contribution is -2.01. The Morgan fingerprint density at radius 3 is 2.89 bits per heavy atom. The SMILES string of the molecule is CCCOc1cc(N)cc(NCc2cnc(C)s2)c1. The predicted molar refractivity (Wildman–Crippen MR) is 80.8 cm³/mol. The molecule has 4 nitrogen and oxygen atoms in total. The second-order valence-corrected chi connectivity index (χ2v) is 5.66. The van der Waals surface area contributed by atoms with Gasteiger partial charge < -0.3 is 15.8 Å².